The van der Waals surface area contributed by atoms with Gasteiger partial charge < -0.3 is 5.32 Å². The van der Waals surface area contributed by atoms with Gasteiger partial charge in [0, 0.05) is 12.6 Å². The van der Waals surface area contributed by atoms with Crippen LogP contribution in [0, 0.1) is 17.1 Å². The van der Waals surface area contributed by atoms with E-state index in [1.54, 1.807) is 18.2 Å². The maximum absolute atomic E-state index is 13.5. The highest BCUT2D eigenvalue weighted by atomic mass is 19.1. The Kier molecular flexibility index (Phi) is 3.49. The summed E-state index contributed by atoms with van der Waals surface area (Å²) in [7, 11) is 0. The van der Waals surface area contributed by atoms with E-state index in [1.807, 2.05) is 18.2 Å². The minimum atomic E-state index is -0.252. The molecule has 2 aromatic rings. The number of nitrogens with zero attached hydrogens (tertiary/aromatic N) is 1. The van der Waals surface area contributed by atoms with E-state index in [0.717, 1.165) is 23.2 Å². The third kappa shape index (κ3) is 2.87. The van der Waals surface area contributed by atoms with Crippen LogP contribution in [0.4, 0.5) is 4.39 Å². The van der Waals surface area contributed by atoms with Crippen molar-refractivity contribution >= 4 is 0 Å². The molecule has 0 aromatic heterocycles. The van der Waals surface area contributed by atoms with Crippen LogP contribution in [0.25, 0.3) is 11.1 Å². The zero-order valence-corrected chi connectivity index (χ0v) is 11.1. The molecule has 1 aliphatic rings. The van der Waals surface area contributed by atoms with Gasteiger partial charge in [0.05, 0.1) is 11.6 Å². The average Bonchev–Trinajstić information content (AvgIpc) is 3.30. The van der Waals surface area contributed by atoms with Gasteiger partial charge in [-0.3, -0.25) is 0 Å². The molecule has 0 heterocycles. The highest BCUT2D eigenvalue weighted by Gasteiger charge is 2.20. The number of hydrogen-bond acceptors (Lipinski definition) is 2. The first-order valence-electron chi connectivity index (χ1n) is 6.78. The molecular formula is C17H15FN2. The van der Waals surface area contributed by atoms with Gasteiger partial charge in [-0.2, -0.15) is 5.26 Å². The SMILES string of the molecule is N#Cc1cccc(-c2cc(F)ccc2CNC2CC2)c1. The summed E-state index contributed by atoms with van der Waals surface area (Å²) in [6.45, 7) is 0.733. The van der Waals surface area contributed by atoms with Crippen LogP contribution in [0.1, 0.15) is 24.0 Å². The van der Waals surface area contributed by atoms with E-state index in [-0.39, 0.29) is 5.82 Å². The van der Waals surface area contributed by atoms with Crippen molar-refractivity contribution in [2.24, 2.45) is 0 Å². The molecule has 0 bridgehead atoms. The van der Waals surface area contributed by atoms with Crippen LogP contribution in [0.2, 0.25) is 0 Å². The molecule has 0 amide bonds. The molecule has 0 atom stereocenters. The first kappa shape index (κ1) is 12.8. The Labute approximate surface area is 117 Å². The van der Waals surface area contributed by atoms with Crippen LogP contribution in [-0.4, -0.2) is 6.04 Å². The maximum atomic E-state index is 13.5. The highest BCUT2D eigenvalue weighted by Crippen LogP contribution is 2.27. The zero-order chi connectivity index (χ0) is 13.9. The third-order valence-corrected chi connectivity index (χ3v) is 3.53. The van der Waals surface area contributed by atoms with Crippen LogP contribution in [0.5, 0.6) is 0 Å². The van der Waals surface area contributed by atoms with Gasteiger partial charge >= 0.3 is 0 Å². The molecule has 2 aromatic carbocycles. The predicted molar refractivity (Wildman–Crippen MR) is 76.4 cm³/mol. The molecule has 1 fully saturated rings. The van der Waals surface area contributed by atoms with Crippen LogP contribution < -0.4 is 5.32 Å². The summed E-state index contributed by atoms with van der Waals surface area (Å²) in [4.78, 5) is 0. The van der Waals surface area contributed by atoms with Gasteiger partial charge in [-0.25, -0.2) is 4.39 Å². The van der Waals surface area contributed by atoms with Crippen molar-refractivity contribution in [2.75, 3.05) is 0 Å². The summed E-state index contributed by atoms with van der Waals surface area (Å²) in [6.07, 6.45) is 2.45. The number of hydrogen-bond donors (Lipinski definition) is 1. The molecule has 2 nitrogen and oxygen atoms in total. The van der Waals surface area contributed by atoms with Gasteiger partial charge in [-0.15, -0.1) is 0 Å². The summed E-state index contributed by atoms with van der Waals surface area (Å²) in [5.41, 5.74) is 3.40. The van der Waals surface area contributed by atoms with Crippen LogP contribution in [0.15, 0.2) is 42.5 Å². The van der Waals surface area contributed by atoms with E-state index in [4.69, 9.17) is 5.26 Å². The largest absolute Gasteiger partial charge is 0.310 e. The Morgan fingerprint density at radius 3 is 2.80 bits per heavy atom. The van der Waals surface area contributed by atoms with E-state index < -0.39 is 0 Å². The monoisotopic (exact) mass is 266 g/mol. The summed E-state index contributed by atoms with van der Waals surface area (Å²) in [5, 5.41) is 12.4. The minimum Gasteiger partial charge on any atom is -0.310 e. The molecule has 0 spiro atoms. The molecular weight excluding hydrogens is 251 g/mol. The fourth-order valence-electron chi connectivity index (χ4n) is 2.27. The highest BCUT2D eigenvalue weighted by molar-refractivity contribution is 5.68. The van der Waals surface area contributed by atoms with Crippen molar-refractivity contribution in [1.82, 2.24) is 5.32 Å². The van der Waals surface area contributed by atoms with Crippen LogP contribution in [0.3, 0.4) is 0 Å². The lowest BCUT2D eigenvalue weighted by Gasteiger charge is -2.11. The maximum Gasteiger partial charge on any atom is 0.123 e. The number of halogens is 1. The number of nitrogens with one attached hydrogen (secondary N) is 1. The first-order chi connectivity index (χ1) is 9.76. The lowest BCUT2D eigenvalue weighted by molar-refractivity contribution is 0.625. The third-order valence-electron chi connectivity index (χ3n) is 3.53. The fraction of sp³-hybridized carbons (Fsp3) is 0.235. The summed E-state index contributed by atoms with van der Waals surface area (Å²) in [5.74, 6) is -0.252. The van der Waals surface area contributed by atoms with Gasteiger partial charge in [0.25, 0.3) is 0 Å². The minimum absolute atomic E-state index is 0.252. The van der Waals surface area contributed by atoms with Crippen molar-refractivity contribution in [3.8, 4) is 17.2 Å². The Hall–Kier alpha value is -2.18. The van der Waals surface area contributed by atoms with E-state index in [0.29, 0.717) is 11.6 Å². The number of benzene rings is 2. The fourth-order valence-corrected chi connectivity index (χ4v) is 2.27. The van der Waals surface area contributed by atoms with E-state index in [1.165, 1.54) is 18.9 Å². The summed E-state index contributed by atoms with van der Waals surface area (Å²) < 4.78 is 13.5. The summed E-state index contributed by atoms with van der Waals surface area (Å²) in [6, 6.07) is 14.9. The topological polar surface area (TPSA) is 35.8 Å². The Balaban J connectivity index is 1.96. The molecule has 100 valence electrons. The predicted octanol–water partition coefficient (Wildman–Crippen LogP) is 3.62. The molecule has 0 aliphatic heterocycles. The zero-order valence-electron chi connectivity index (χ0n) is 11.1. The van der Waals surface area contributed by atoms with Crippen molar-refractivity contribution in [3.05, 3.63) is 59.4 Å². The smallest absolute Gasteiger partial charge is 0.123 e. The van der Waals surface area contributed by atoms with Gasteiger partial charge in [0.15, 0.2) is 0 Å². The number of rotatable bonds is 4. The lowest BCUT2D eigenvalue weighted by atomic mass is 9.98. The first-order valence-corrected chi connectivity index (χ1v) is 6.78. The van der Waals surface area contributed by atoms with E-state index in [9.17, 15) is 4.39 Å². The van der Waals surface area contributed by atoms with Crippen molar-refractivity contribution in [3.63, 3.8) is 0 Å². The van der Waals surface area contributed by atoms with Crippen molar-refractivity contribution in [2.45, 2.75) is 25.4 Å². The molecule has 3 rings (SSSR count). The van der Waals surface area contributed by atoms with Gasteiger partial charge in [-0.05, 0) is 53.8 Å². The lowest BCUT2D eigenvalue weighted by Crippen LogP contribution is -2.15. The quantitative estimate of drug-likeness (QED) is 0.917. The molecule has 1 N–H and O–H groups in total. The molecule has 20 heavy (non-hydrogen) atoms. The molecule has 0 unspecified atom stereocenters. The Morgan fingerprint density at radius 1 is 1.20 bits per heavy atom. The van der Waals surface area contributed by atoms with Crippen LogP contribution in [-0.2, 0) is 6.54 Å². The van der Waals surface area contributed by atoms with Crippen molar-refractivity contribution in [1.29, 1.82) is 5.26 Å². The van der Waals surface area contributed by atoms with Gasteiger partial charge in [0.1, 0.15) is 5.82 Å². The molecule has 3 heteroatoms. The normalized spacial score (nSPS) is 14.0. The van der Waals surface area contributed by atoms with Gasteiger partial charge in [0.2, 0.25) is 0 Å². The number of nitriles is 1. The Bertz CT molecular complexity index is 669. The second-order valence-electron chi connectivity index (χ2n) is 5.15. The molecule has 1 aliphatic carbocycles. The second-order valence-corrected chi connectivity index (χ2v) is 5.15. The standard InChI is InChI=1S/C17H15FN2/c18-15-5-4-14(11-20-16-6-7-16)17(9-15)13-3-1-2-12(8-13)10-19/h1-5,8-9,16,20H,6-7,11H2. The van der Waals surface area contributed by atoms with Gasteiger partial charge in [-0.1, -0.05) is 18.2 Å². The van der Waals surface area contributed by atoms with Crippen molar-refractivity contribution < 1.29 is 4.39 Å². The second kappa shape index (κ2) is 5.44. The molecule has 0 saturated heterocycles. The van der Waals surface area contributed by atoms with E-state index >= 15 is 0 Å². The molecule has 1 saturated carbocycles. The summed E-state index contributed by atoms with van der Waals surface area (Å²) >= 11 is 0. The van der Waals surface area contributed by atoms with Crippen LogP contribution >= 0.6 is 0 Å². The molecule has 0 radical (unpaired) electrons. The van der Waals surface area contributed by atoms with E-state index in [2.05, 4.69) is 11.4 Å². The Morgan fingerprint density at radius 2 is 2.05 bits per heavy atom. The average molecular weight is 266 g/mol.